The van der Waals surface area contributed by atoms with Gasteiger partial charge >= 0.3 is 0 Å². The first-order chi connectivity index (χ1) is 9.16. The molecule has 0 saturated heterocycles. The Hall–Kier alpha value is -1.61. The predicted molar refractivity (Wildman–Crippen MR) is 78.0 cm³/mol. The Labute approximate surface area is 120 Å². The van der Waals surface area contributed by atoms with Crippen molar-refractivity contribution >= 4 is 21.7 Å². The lowest BCUT2D eigenvalue weighted by Crippen LogP contribution is -2.05. The van der Waals surface area contributed by atoms with Crippen LogP contribution in [0.3, 0.4) is 0 Å². The molecule has 1 aliphatic rings. The van der Waals surface area contributed by atoms with Gasteiger partial charge in [0, 0.05) is 16.5 Å². The Morgan fingerprint density at radius 3 is 2.84 bits per heavy atom. The zero-order chi connectivity index (χ0) is 13.4. The highest BCUT2D eigenvalue weighted by Crippen LogP contribution is 2.31. The van der Waals surface area contributed by atoms with Gasteiger partial charge in [-0.25, -0.2) is 0 Å². The highest BCUT2D eigenvalue weighted by molar-refractivity contribution is 9.10. The van der Waals surface area contributed by atoms with Gasteiger partial charge in [0.1, 0.15) is 5.75 Å². The lowest BCUT2D eigenvalue weighted by molar-refractivity contribution is 0.103. The van der Waals surface area contributed by atoms with Crippen LogP contribution >= 0.6 is 15.9 Å². The summed E-state index contributed by atoms with van der Waals surface area (Å²) in [5.41, 5.74) is 3.49. The molecule has 0 aliphatic carbocycles. The number of benzene rings is 2. The third kappa shape index (κ3) is 2.19. The molecule has 0 fully saturated rings. The second kappa shape index (κ2) is 4.82. The maximum atomic E-state index is 12.6. The van der Waals surface area contributed by atoms with E-state index in [4.69, 9.17) is 4.74 Å². The van der Waals surface area contributed by atoms with E-state index in [1.807, 2.05) is 43.3 Å². The summed E-state index contributed by atoms with van der Waals surface area (Å²) in [7, 11) is 0. The molecule has 0 aromatic heterocycles. The molecular formula is C16H13BrO2. The number of halogens is 1. The fourth-order valence-corrected chi connectivity index (χ4v) is 2.90. The van der Waals surface area contributed by atoms with E-state index in [0.717, 1.165) is 33.3 Å². The molecule has 2 nitrogen and oxygen atoms in total. The summed E-state index contributed by atoms with van der Waals surface area (Å²) in [4.78, 5) is 12.6. The van der Waals surface area contributed by atoms with Crippen molar-refractivity contribution in [2.75, 3.05) is 6.61 Å². The minimum atomic E-state index is 0.0313. The van der Waals surface area contributed by atoms with Crippen LogP contribution in [0.15, 0.2) is 40.9 Å². The number of para-hydroxylation sites is 1. The van der Waals surface area contributed by atoms with Gasteiger partial charge in [-0.15, -0.1) is 0 Å². The monoisotopic (exact) mass is 316 g/mol. The molecule has 3 rings (SSSR count). The van der Waals surface area contributed by atoms with Gasteiger partial charge in [-0.1, -0.05) is 28.1 Å². The molecule has 0 radical (unpaired) electrons. The van der Waals surface area contributed by atoms with E-state index in [9.17, 15) is 4.79 Å². The SMILES string of the molecule is Cc1cc(Br)ccc1C(=O)c1cccc2c1OCC2. The summed E-state index contributed by atoms with van der Waals surface area (Å²) < 4.78 is 6.59. The number of ether oxygens (including phenoxy) is 1. The number of rotatable bonds is 2. The smallest absolute Gasteiger partial charge is 0.197 e. The van der Waals surface area contributed by atoms with Crippen LogP contribution in [0.4, 0.5) is 0 Å². The second-order valence-corrected chi connectivity index (χ2v) is 5.60. The summed E-state index contributed by atoms with van der Waals surface area (Å²) in [6.45, 7) is 2.61. The molecule has 96 valence electrons. The van der Waals surface area contributed by atoms with Crippen molar-refractivity contribution in [3.63, 3.8) is 0 Å². The van der Waals surface area contributed by atoms with Crippen molar-refractivity contribution in [1.82, 2.24) is 0 Å². The van der Waals surface area contributed by atoms with E-state index in [-0.39, 0.29) is 5.78 Å². The molecule has 0 saturated carbocycles. The average molecular weight is 317 g/mol. The minimum absolute atomic E-state index is 0.0313. The number of ketones is 1. The molecule has 0 bridgehead atoms. The van der Waals surface area contributed by atoms with Gasteiger partial charge in [-0.3, -0.25) is 4.79 Å². The van der Waals surface area contributed by atoms with Crippen LogP contribution in [-0.2, 0) is 6.42 Å². The highest BCUT2D eigenvalue weighted by Gasteiger charge is 2.22. The van der Waals surface area contributed by atoms with E-state index in [1.165, 1.54) is 0 Å². The van der Waals surface area contributed by atoms with Crippen LogP contribution in [0.5, 0.6) is 5.75 Å². The minimum Gasteiger partial charge on any atom is -0.492 e. The van der Waals surface area contributed by atoms with Gasteiger partial charge in [-0.05, 0) is 42.3 Å². The first-order valence-electron chi connectivity index (χ1n) is 6.22. The van der Waals surface area contributed by atoms with Crippen LogP contribution in [-0.4, -0.2) is 12.4 Å². The Morgan fingerprint density at radius 2 is 2.05 bits per heavy atom. The van der Waals surface area contributed by atoms with Crippen LogP contribution in [0.25, 0.3) is 0 Å². The summed E-state index contributed by atoms with van der Waals surface area (Å²) in [6, 6.07) is 11.5. The third-order valence-electron chi connectivity index (χ3n) is 3.39. The zero-order valence-corrected chi connectivity index (χ0v) is 12.2. The summed E-state index contributed by atoms with van der Waals surface area (Å²) >= 11 is 3.42. The summed E-state index contributed by atoms with van der Waals surface area (Å²) in [5.74, 6) is 0.790. The molecule has 0 spiro atoms. The maximum Gasteiger partial charge on any atom is 0.197 e. The summed E-state index contributed by atoms with van der Waals surface area (Å²) in [6.07, 6.45) is 0.885. The van der Waals surface area contributed by atoms with Gasteiger partial charge in [0.05, 0.1) is 12.2 Å². The number of carbonyl (C=O) groups excluding carboxylic acids is 1. The quantitative estimate of drug-likeness (QED) is 0.785. The maximum absolute atomic E-state index is 12.6. The third-order valence-corrected chi connectivity index (χ3v) is 3.89. The van der Waals surface area contributed by atoms with E-state index in [0.29, 0.717) is 12.2 Å². The fraction of sp³-hybridized carbons (Fsp3) is 0.188. The van der Waals surface area contributed by atoms with Crippen molar-refractivity contribution in [2.24, 2.45) is 0 Å². The van der Waals surface area contributed by atoms with Gasteiger partial charge < -0.3 is 4.74 Å². The fourth-order valence-electron chi connectivity index (χ4n) is 2.42. The van der Waals surface area contributed by atoms with Crippen LogP contribution in [0.2, 0.25) is 0 Å². The first kappa shape index (κ1) is 12.4. The van der Waals surface area contributed by atoms with Crippen molar-refractivity contribution in [1.29, 1.82) is 0 Å². The number of aryl methyl sites for hydroxylation is 1. The molecule has 0 unspecified atom stereocenters. The Balaban J connectivity index is 2.08. The summed E-state index contributed by atoms with van der Waals surface area (Å²) in [5, 5.41) is 0. The van der Waals surface area contributed by atoms with E-state index in [2.05, 4.69) is 15.9 Å². The number of hydrogen-bond acceptors (Lipinski definition) is 2. The molecular weight excluding hydrogens is 304 g/mol. The molecule has 2 aromatic rings. The molecule has 2 aromatic carbocycles. The Bertz CT molecular complexity index is 662. The number of hydrogen-bond donors (Lipinski definition) is 0. The van der Waals surface area contributed by atoms with Crippen LogP contribution < -0.4 is 4.74 Å². The van der Waals surface area contributed by atoms with Crippen LogP contribution in [0.1, 0.15) is 27.0 Å². The normalized spacial score (nSPS) is 12.9. The molecule has 0 N–H and O–H groups in total. The average Bonchev–Trinajstić information content (AvgIpc) is 2.86. The van der Waals surface area contributed by atoms with Gasteiger partial charge in [-0.2, -0.15) is 0 Å². The molecule has 1 aliphatic heterocycles. The largest absolute Gasteiger partial charge is 0.492 e. The lowest BCUT2D eigenvalue weighted by atomic mass is 9.97. The van der Waals surface area contributed by atoms with Gasteiger partial charge in [0.25, 0.3) is 0 Å². The van der Waals surface area contributed by atoms with E-state index < -0.39 is 0 Å². The van der Waals surface area contributed by atoms with E-state index >= 15 is 0 Å². The van der Waals surface area contributed by atoms with Crippen molar-refractivity contribution in [3.8, 4) is 5.75 Å². The Morgan fingerprint density at radius 1 is 1.21 bits per heavy atom. The lowest BCUT2D eigenvalue weighted by Gasteiger charge is -2.09. The number of carbonyl (C=O) groups is 1. The Kier molecular flexibility index (Phi) is 3.15. The molecule has 3 heteroatoms. The van der Waals surface area contributed by atoms with Crippen molar-refractivity contribution in [2.45, 2.75) is 13.3 Å². The van der Waals surface area contributed by atoms with Crippen molar-refractivity contribution < 1.29 is 9.53 Å². The first-order valence-corrected chi connectivity index (χ1v) is 7.01. The highest BCUT2D eigenvalue weighted by atomic mass is 79.9. The molecule has 1 heterocycles. The molecule has 0 atom stereocenters. The topological polar surface area (TPSA) is 26.3 Å². The van der Waals surface area contributed by atoms with Gasteiger partial charge in [0.15, 0.2) is 5.78 Å². The van der Waals surface area contributed by atoms with Gasteiger partial charge in [0.2, 0.25) is 0 Å². The van der Waals surface area contributed by atoms with Crippen LogP contribution in [0, 0.1) is 6.92 Å². The number of fused-ring (bicyclic) bond motifs is 1. The standard InChI is InChI=1S/C16H13BrO2/c1-10-9-12(17)5-6-13(10)15(18)14-4-2-3-11-7-8-19-16(11)14/h2-6,9H,7-8H2,1H3. The molecule has 19 heavy (non-hydrogen) atoms. The molecule has 0 amide bonds. The predicted octanol–water partition coefficient (Wildman–Crippen LogP) is 3.92. The van der Waals surface area contributed by atoms with E-state index in [1.54, 1.807) is 0 Å². The second-order valence-electron chi connectivity index (χ2n) is 4.68. The van der Waals surface area contributed by atoms with Crippen molar-refractivity contribution in [3.05, 3.63) is 63.1 Å². The zero-order valence-electron chi connectivity index (χ0n) is 10.6.